The molecule has 0 N–H and O–H groups in total. The molecule has 1 spiro atoms. The maximum Gasteiger partial charge on any atom is 0.159 e. The van der Waals surface area contributed by atoms with E-state index in [1.807, 2.05) is 24.3 Å². The maximum absolute atomic E-state index is 10.4. The Kier molecular flexibility index (Phi) is 10.7. The Morgan fingerprint density at radius 3 is 1.24 bits per heavy atom. The Balaban J connectivity index is 0.971. The van der Waals surface area contributed by atoms with Crippen molar-refractivity contribution >= 4 is 115 Å². The predicted molar refractivity (Wildman–Crippen MR) is 364 cm³/mol. The summed E-state index contributed by atoms with van der Waals surface area (Å²) in [6.45, 7) is 14.4. The number of hydrogen-bond acceptors (Lipinski definition) is 6. The minimum atomic E-state index is -1.69. The van der Waals surface area contributed by atoms with Crippen molar-refractivity contribution in [2.24, 2.45) is 0 Å². The van der Waals surface area contributed by atoms with E-state index in [1.54, 1.807) is 0 Å². The average molecular weight is 1150 g/mol. The first kappa shape index (κ1) is 51.0. The van der Waals surface area contributed by atoms with Gasteiger partial charge in [0.05, 0.1) is 44.1 Å². The monoisotopic (exact) mass is 1150 g/mol. The fourth-order valence-corrected chi connectivity index (χ4v) is 17.3. The SMILES string of the molecule is C[Si](C)(C)c1ccc(N(c2ccc3c(c2)C2(c4cc(N(c5ccc([Si](C)(C)C)cc5)c5cccc6c5oc5c(C#N)cccc56)ccc4-3)c3ccccc3-c3c2cc2c4c(cccc34)-c3ccccc3-2)c2cccc3c2oc2c(C#N)cccc23)cc1. The van der Waals surface area contributed by atoms with Gasteiger partial charge in [0.15, 0.2) is 22.3 Å². The van der Waals surface area contributed by atoms with Crippen LogP contribution in [0, 0.1) is 22.7 Å². The number of nitriles is 2. The third-order valence-corrected chi connectivity index (χ3v) is 23.1. The lowest BCUT2D eigenvalue weighted by Gasteiger charge is -2.33. The molecule has 0 unspecified atom stereocenters. The molecular weight excluding hydrogens is 1090 g/mol. The zero-order valence-corrected chi connectivity index (χ0v) is 51.0. The molecule has 412 valence electrons. The van der Waals surface area contributed by atoms with Crippen LogP contribution in [0.4, 0.5) is 34.1 Å². The number of rotatable bonds is 8. The molecule has 17 rings (SSSR count). The van der Waals surface area contributed by atoms with Crippen molar-refractivity contribution in [3.8, 4) is 56.6 Å². The highest BCUT2D eigenvalue weighted by molar-refractivity contribution is 6.89. The van der Waals surface area contributed by atoms with E-state index in [1.165, 1.54) is 76.8 Å². The highest BCUT2D eigenvalue weighted by Crippen LogP contribution is 2.67. The van der Waals surface area contributed by atoms with Crippen molar-refractivity contribution in [3.63, 3.8) is 0 Å². The highest BCUT2D eigenvalue weighted by atomic mass is 28.3. The van der Waals surface area contributed by atoms with Crippen LogP contribution in [0.3, 0.4) is 0 Å². The van der Waals surface area contributed by atoms with Gasteiger partial charge in [-0.2, -0.15) is 10.5 Å². The molecule has 0 amide bonds. The first-order valence-electron chi connectivity index (χ1n) is 29.9. The molecule has 0 aliphatic heterocycles. The summed E-state index contributed by atoms with van der Waals surface area (Å²) in [6, 6.07) is 89.4. The van der Waals surface area contributed by atoms with Gasteiger partial charge >= 0.3 is 0 Å². The third-order valence-electron chi connectivity index (χ3n) is 19.0. The van der Waals surface area contributed by atoms with Gasteiger partial charge in [-0.25, -0.2) is 0 Å². The first-order chi connectivity index (χ1) is 42.3. The summed E-state index contributed by atoms with van der Waals surface area (Å²) in [5.41, 5.74) is 23.2. The van der Waals surface area contributed by atoms with E-state index in [2.05, 4.69) is 267 Å². The van der Waals surface area contributed by atoms with Gasteiger partial charge in [0.1, 0.15) is 12.1 Å². The van der Waals surface area contributed by atoms with Crippen LogP contribution in [-0.4, -0.2) is 16.1 Å². The Morgan fingerprint density at radius 2 is 0.747 bits per heavy atom. The van der Waals surface area contributed by atoms with Gasteiger partial charge in [-0.3, -0.25) is 0 Å². The van der Waals surface area contributed by atoms with Crippen LogP contribution in [0.2, 0.25) is 39.3 Å². The lowest BCUT2D eigenvalue weighted by molar-refractivity contribution is 0.667. The maximum atomic E-state index is 10.4. The minimum absolute atomic E-state index is 0.506. The smallest absolute Gasteiger partial charge is 0.159 e. The summed E-state index contributed by atoms with van der Waals surface area (Å²) in [6.07, 6.45) is 0. The van der Waals surface area contributed by atoms with Crippen LogP contribution < -0.4 is 20.2 Å². The van der Waals surface area contributed by atoms with Gasteiger partial charge in [-0.05, 0) is 156 Å². The van der Waals surface area contributed by atoms with Crippen LogP contribution in [-0.2, 0) is 5.41 Å². The molecule has 0 saturated carbocycles. The van der Waals surface area contributed by atoms with Crippen molar-refractivity contribution in [2.45, 2.75) is 44.7 Å². The summed E-state index contributed by atoms with van der Waals surface area (Å²) in [7, 11) is -3.38. The van der Waals surface area contributed by atoms with E-state index in [-0.39, 0.29) is 0 Å². The molecule has 14 aromatic rings. The summed E-state index contributed by atoms with van der Waals surface area (Å²) >= 11 is 0. The molecule has 0 bridgehead atoms. The summed E-state index contributed by atoms with van der Waals surface area (Å²) < 4.78 is 13.9. The van der Waals surface area contributed by atoms with Gasteiger partial charge in [-0.15, -0.1) is 0 Å². The quantitative estimate of drug-likeness (QED) is 0.141. The molecule has 3 aliphatic rings. The van der Waals surface area contributed by atoms with E-state index in [0.717, 1.165) is 78.0 Å². The largest absolute Gasteiger partial charge is 0.452 e. The van der Waals surface area contributed by atoms with Gasteiger partial charge in [0.2, 0.25) is 0 Å². The number of furan rings is 2. The van der Waals surface area contributed by atoms with Gasteiger partial charge in [-0.1, -0.05) is 201 Å². The molecule has 2 heterocycles. The second kappa shape index (κ2) is 18.3. The first-order valence-corrected chi connectivity index (χ1v) is 36.9. The number of para-hydroxylation sites is 4. The van der Waals surface area contributed by atoms with Crippen LogP contribution >= 0.6 is 0 Å². The van der Waals surface area contributed by atoms with Crippen LogP contribution in [0.5, 0.6) is 0 Å². The predicted octanol–water partition coefficient (Wildman–Crippen LogP) is 20.4. The van der Waals surface area contributed by atoms with Crippen molar-refractivity contribution < 1.29 is 8.83 Å². The zero-order chi connectivity index (χ0) is 58.8. The molecule has 8 heteroatoms. The minimum Gasteiger partial charge on any atom is -0.452 e. The van der Waals surface area contributed by atoms with Gasteiger partial charge in [0, 0.05) is 44.3 Å². The van der Waals surface area contributed by atoms with Crippen molar-refractivity contribution in [3.05, 3.63) is 264 Å². The highest BCUT2D eigenvalue weighted by Gasteiger charge is 2.53. The second-order valence-corrected chi connectivity index (χ2v) is 35.9. The van der Waals surface area contributed by atoms with E-state index in [0.29, 0.717) is 22.3 Å². The molecule has 0 atom stereocenters. The summed E-state index contributed by atoms with van der Waals surface area (Å²) in [4.78, 5) is 4.74. The van der Waals surface area contributed by atoms with Crippen LogP contribution in [0.1, 0.15) is 33.4 Å². The number of benzene rings is 12. The van der Waals surface area contributed by atoms with E-state index >= 15 is 0 Å². The molecule has 12 aromatic carbocycles. The Bertz CT molecular complexity index is 5170. The lowest BCUT2D eigenvalue weighted by Crippen LogP contribution is -2.37. The van der Waals surface area contributed by atoms with Crippen molar-refractivity contribution in [2.75, 3.05) is 9.80 Å². The van der Waals surface area contributed by atoms with Crippen LogP contribution in [0.25, 0.3) is 99.2 Å². The number of fused-ring (bicyclic) bond motifs is 20. The molecule has 0 radical (unpaired) electrons. The number of hydrogen-bond donors (Lipinski definition) is 0. The molecule has 0 saturated heterocycles. The van der Waals surface area contributed by atoms with Gasteiger partial charge in [0.25, 0.3) is 0 Å². The average Bonchev–Trinajstić information content (AvgIpc) is 1.50. The second-order valence-electron chi connectivity index (χ2n) is 25.7. The normalized spacial score (nSPS) is 13.2. The Labute approximate surface area is 506 Å². The lowest BCUT2D eigenvalue weighted by atomic mass is 9.70. The van der Waals surface area contributed by atoms with E-state index in [9.17, 15) is 10.5 Å². The third kappa shape index (κ3) is 7.11. The van der Waals surface area contributed by atoms with E-state index in [4.69, 9.17) is 8.83 Å². The van der Waals surface area contributed by atoms with Crippen LogP contribution in [0.15, 0.2) is 239 Å². The fraction of sp³-hybridized carbons (Fsp3) is 0.0886. The Morgan fingerprint density at radius 1 is 0.333 bits per heavy atom. The fourth-order valence-electron chi connectivity index (χ4n) is 15.0. The van der Waals surface area contributed by atoms with Crippen molar-refractivity contribution in [1.29, 1.82) is 10.5 Å². The molecular formula is C79H56N4O2Si2. The standard InChI is InChI=1S/C79H56N4O2Si2/c1-86(2,3)53-36-30-49(31-37-53)82(71-28-14-24-62-60-22-11-16-47(45-80)75(60)84-77(62)71)51-34-40-57-58-41-35-52(83(50-32-38-54(39-33-50)87(4,5)6)72-29-15-25-63-61-23-12-17-48(46-81)76(61)85-78(63)72)43-69(58)79(68(57)42-51)67-27-10-9-20-64(67)74-65-26-13-21-59-55-18-7-8-19-56(55)66(73(59)65)44-70(74)79/h7-44H,1-6H3. The topological polar surface area (TPSA) is 80.3 Å². The van der Waals surface area contributed by atoms with Gasteiger partial charge < -0.3 is 18.6 Å². The summed E-state index contributed by atoms with van der Waals surface area (Å²) in [5, 5.41) is 29.8. The molecule has 0 fully saturated rings. The number of anilines is 6. The molecule has 87 heavy (non-hydrogen) atoms. The van der Waals surface area contributed by atoms with E-state index < -0.39 is 21.6 Å². The molecule has 2 aromatic heterocycles. The molecule has 3 aliphatic carbocycles. The molecule has 6 nitrogen and oxygen atoms in total. The Hall–Kier alpha value is -10.5. The zero-order valence-electron chi connectivity index (χ0n) is 49.0. The number of nitrogens with zero attached hydrogens (tertiary/aromatic N) is 4. The summed E-state index contributed by atoms with van der Waals surface area (Å²) in [5.74, 6) is 0. The van der Waals surface area contributed by atoms with Crippen molar-refractivity contribution in [1.82, 2.24) is 0 Å².